The van der Waals surface area contributed by atoms with Crippen LogP contribution in [0.1, 0.15) is 12.0 Å². The van der Waals surface area contributed by atoms with Gasteiger partial charge in [0, 0.05) is 57.8 Å². The number of hydrogen-bond acceptors (Lipinski definition) is 4. The molecule has 0 radical (unpaired) electrons. The van der Waals surface area contributed by atoms with Crippen molar-refractivity contribution in [1.29, 1.82) is 0 Å². The van der Waals surface area contributed by atoms with Crippen LogP contribution in [0, 0.1) is 0 Å². The monoisotopic (exact) mass is 338 g/mol. The van der Waals surface area contributed by atoms with E-state index >= 15 is 0 Å². The van der Waals surface area contributed by atoms with Crippen molar-refractivity contribution in [3.05, 3.63) is 34.9 Å². The quantitative estimate of drug-likeness (QED) is 0.849. The van der Waals surface area contributed by atoms with Crippen molar-refractivity contribution in [1.82, 2.24) is 20.4 Å². The summed E-state index contributed by atoms with van der Waals surface area (Å²) in [5.74, 6) is -0.247. The van der Waals surface area contributed by atoms with Crippen LogP contribution in [-0.4, -0.2) is 61.5 Å². The van der Waals surface area contributed by atoms with E-state index in [2.05, 4.69) is 26.5 Å². The van der Waals surface area contributed by atoms with E-state index in [-0.39, 0.29) is 5.91 Å². The first-order valence-electron chi connectivity index (χ1n) is 7.78. The number of rotatable bonds is 5. The van der Waals surface area contributed by atoms with Crippen LogP contribution in [0.25, 0.3) is 0 Å². The van der Waals surface area contributed by atoms with Crippen molar-refractivity contribution in [3.8, 4) is 0 Å². The third kappa shape index (κ3) is 5.82. The largest absolute Gasteiger partial charge is 0.341 e. The molecule has 2 rings (SSSR count). The second-order valence-electron chi connectivity index (χ2n) is 5.59. The van der Waals surface area contributed by atoms with Crippen LogP contribution in [0.2, 0.25) is 5.02 Å². The zero-order valence-corrected chi connectivity index (χ0v) is 14.1. The van der Waals surface area contributed by atoms with Crippen LogP contribution >= 0.6 is 11.6 Å². The average molecular weight is 339 g/mol. The summed E-state index contributed by atoms with van der Waals surface area (Å²) in [6.07, 6.45) is 0.331. The first-order chi connectivity index (χ1) is 11.1. The second kappa shape index (κ2) is 8.86. The zero-order chi connectivity index (χ0) is 16.7. The molecule has 2 N–H and O–H groups in total. The third-order valence-corrected chi connectivity index (χ3v) is 4.32. The van der Waals surface area contributed by atoms with Crippen LogP contribution in [-0.2, 0) is 11.3 Å². The van der Waals surface area contributed by atoms with E-state index in [4.69, 9.17) is 11.6 Å². The molecule has 0 aromatic heterocycles. The molecule has 6 nitrogen and oxygen atoms in total. The van der Waals surface area contributed by atoms with Gasteiger partial charge in [-0.2, -0.15) is 0 Å². The number of halogens is 1. The maximum absolute atomic E-state index is 11.6. The van der Waals surface area contributed by atoms with E-state index < -0.39 is 6.03 Å². The topological polar surface area (TPSA) is 64.7 Å². The summed E-state index contributed by atoms with van der Waals surface area (Å²) in [7, 11) is 1.49. The summed E-state index contributed by atoms with van der Waals surface area (Å²) in [5.41, 5.74) is 1.15. The molecule has 1 aromatic carbocycles. The van der Waals surface area contributed by atoms with Gasteiger partial charge < -0.3 is 10.2 Å². The molecule has 126 valence electrons. The van der Waals surface area contributed by atoms with Crippen LogP contribution in [0.4, 0.5) is 4.79 Å². The fourth-order valence-electron chi connectivity index (χ4n) is 2.55. The summed E-state index contributed by atoms with van der Waals surface area (Å²) in [4.78, 5) is 27.2. The van der Waals surface area contributed by atoms with E-state index in [9.17, 15) is 9.59 Å². The molecule has 0 atom stereocenters. The minimum Gasteiger partial charge on any atom is -0.341 e. The number of nitrogens with zero attached hydrogens (tertiary/aromatic N) is 2. The Kier molecular flexibility index (Phi) is 6.83. The van der Waals surface area contributed by atoms with Gasteiger partial charge in [-0.3, -0.25) is 15.0 Å². The molecule has 1 fully saturated rings. The molecule has 0 saturated carbocycles. The average Bonchev–Trinajstić information content (AvgIpc) is 2.56. The highest BCUT2D eigenvalue weighted by molar-refractivity contribution is 6.31. The summed E-state index contributed by atoms with van der Waals surface area (Å²) in [6.45, 7) is 5.24. The smallest absolute Gasteiger partial charge is 0.321 e. The molecule has 0 unspecified atom stereocenters. The number of piperazine rings is 1. The van der Waals surface area contributed by atoms with Crippen molar-refractivity contribution in [2.45, 2.75) is 13.0 Å². The van der Waals surface area contributed by atoms with Crippen LogP contribution in [0.5, 0.6) is 0 Å². The van der Waals surface area contributed by atoms with Gasteiger partial charge in [0.25, 0.3) is 0 Å². The summed E-state index contributed by atoms with van der Waals surface area (Å²) in [5, 5.41) is 5.45. The molecule has 1 heterocycles. The van der Waals surface area contributed by atoms with Gasteiger partial charge in [0.1, 0.15) is 0 Å². The fourth-order valence-corrected chi connectivity index (χ4v) is 2.75. The van der Waals surface area contributed by atoms with Crippen LogP contribution < -0.4 is 10.6 Å². The Morgan fingerprint density at radius 2 is 1.78 bits per heavy atom. The maximum Gasteiger partial charge on any atom is 0.321 e. The minimum atomic E-state index is -0.459. The molecule has 7 heteroatoms. The summed E-state index contributed by atoms with van der Waals surface area (Å²) >= 11 is 6.20. The highest BCUT2D eigenvalue weighted by Gasteiger charge is 2.18. The predicted molar refractivity (Wildman–Crippen MR) is 90.4 cm³/mol. The van der Waals surface area contributed by atoms with E-state index in [0.29, 0.717) is 13.0 Å². The number of benzene rings is 1. The van der Waals surface area contributed by atoms with Crippen molar-refractivity contribution >= 4 is 23.5 Å². The van der Waals surface area contributed by atoms with Crippen LogP contribution in [0.15, 0.2) is 24.3 Å². The van der Waals surface area contributed by atoms with Gasteiger partial charge in [0.15, 0.2) is 0 Å². The van der Waals surface area contributed by atoms with Crippen molar-refractivity contribution < 1.29 is 9.59 Å². The first-order valence-corrected chi connectivity index (χ1v) is 8.16. The molecular formula is C16H23ClN4O2. The zero-order valence-electron chi connectivity index (χ0n) is 13.3. The predicted octanol–water partition coefficient (Wildman–Crippen LogP) is 1.30. The van der Waals surface area contributed by atoms with Crippen molar-refractivity contribution in [2.75, 3.05) is 39.8 Å². The summed E-state index contributed by atoms with van der Waals surface area (Å²) < 4.78 is 0. The molecule has 0 bridgehead atoms. The molecular weight excluding hydrogens is 316 g/mol. The molecule has 1 aromatic rings. The van der Waals surface area contributed by atoms with Gasteiger partial charge >= 0.3 is 6.03 Å². The molecule has 3 amide bonds. The standard InChI is InChI=1S/C16H23ClN4O2/c1-18-16(23)19-15(22)6-7-20-8-10-21(11-9-20)12-13-4-2-3-5-14(13)17/h2-5H,6-12H2,1H3,(H2,18,19,22,23). The molecule has 23 heavy (non-hydrogen) atoms. The lowest BCUT2D eigenvalue weighted by atomic mass is 10.2. The lowest BCUT2D eigenvalue weighted by Gasteiger charge is -2.34. The SMILES string of the molecule is CNC(=O)NC(=O)CCN1CCN(Cc2ccccc2Cl)CC1. The third-order valence-electron chi connectivity index (χ3n) is 3.95. The Labute approximate surface area is 141 Å². The normalized spacial score (nSPS) is 16.1. The lowest BCUT2D eigenvalue weighted by molar-refractivity contribution is -0.120. The number of amides is 3. The number of nitrogens with one attached hydrogen (secondary N) is 2. The van der Waals surface area contributed by atoms with Gasteiger partial charge in [-0.05, 0) is 11.6 Å². The maximum atomic E-state index is 11.6. The van der Waals surface area contributed by atoms with E-state index in [1.54, 1.807) is 0 Å². The number of urea groups is 1. The molecule has 1 saturated heterocycles. The van der Waals surface area contributed by atoms with E-state index in [1.807, 2.05) is 18.2 Å². The van der Waals surface area contributed by atoms with Gasteiger partial charge in [-0.15, -0.1) is 0 Å². The van der Waals surface area contributed by atoms with E-state index in [0.717, 1.165) is 43.3 Å². The second-order valence-corrected chi connectivity index (χ2v) is 5.99. The number of hydrogen-bond donors (Lipinski definition) is 2. The van der Waals surface area contributed by atoms with Crippen molar-refractivity contribution in [3.63, 3.8) is 0 Å². The Morgan fingerprint density at radius 1 is 1.13 bits per heavy atom. The van der Waals surface area contributed by atoms with Gasteiger partial charge in [0.2, 0.25) is 5.91 Å². The Balaban J connectivity index is 1.69. The van der Waals surface area contributed by atoms with Crippen LogP contribution in [0.3, 0.4) is 0 Å². The lowest BCUT2D eigenvalue weighted by Crippen LogP contribution is -2.47. The Hall–Kier alpha value is -1.63. The first kappa shape index (κ1) is 17.7. The Bertz CT molecular complexity index is 545. The van der Waals surface area contributed by atoms with Gasteiger partial charge in [0.05, 0.1) is 0 Å². The van der Waals surface area contributed by atoms with Crippen molar-refractivity contribution in [2.24, 2.45) is 0 Å². The number of imide groups is 1. The summed E-state index contributed by atoms with van der Waals surface area (Å²) in [6, 6.07) is 7.45. The minimum absolute atomic E-state index is 0.247. The number of carbonyl (C=O) groups is 2. The van der Waals surface area contributed by atoms with Gasteiger partial charge in [-0.25, -0.2) is 4.79 Å². The molecule has 0 spiro atoms. The molecule has 1 aliphatic rings. The highest BCUT2D eigenvalue weighted by Crippen LogP contribution is 2.17. The number of carbonyl (C=O) groups excluding carboxylic acids is 2. The highest BCUT2D eigenvalue weighted by atomic mass is 35.5. The molecule has 0 aliphatic carbocycles. The fraction of sp³-hybridized carbons (Fsp3) is 0.500. The molecule has 1 aliphatic heterocycles. The Morgan fingerprint density at radius 3 is 2.43 bits per heavy atom. The van der Waals surface area contributed by atoms with Gasteiger partial charge in [-0.1, -0.05) is 29.8 Å². The van der Waals surface area contributed by atoms with E-state index in [1.165, 1.54) is 7.05 Å².